The smallest absolute Gasteiger partial charge is 0.0672 e. The van der Waals surface area contributed by atoms with Crippen LogP contribution in [0.5, 0.6) is 0 Å². The Morgan fingerprint density at radius 1 is 1.25 bits per heavy atom. The van der Waals surface area contributed by atoms with Crippen molar-refractivity contribution >= 4 is 0 Å². The summed E-state index contributed by atoms with van der Waals surface area (Å²) in [5.74, 6) is 0.250. The number of nitriles is 1. The van der Waals surface area contributed by atoms with Gasteiger partial charge in [-0.2, -0.15) is 5.26 Å². The lowest BCUT2D eigenvalue weighted by atomic mass is 9.85. The van der Waals surface area contributed by atoms with E-state index < -0.39 is 0 Å². The minimum atomic E-state index is 0.250. The molecule has 0 spiro atoms. The van der Waals surface area contributed by atoms with Crippen molar-refractivity contribution in [2.45, 2.75) is 50.6 Å². The summed E-state index contributed by atoms with van der Waals surface area (Å²) in [5.41, 5.74) is 0. The van der Waals surface area contributed by atoms with E-state index in [0.29, 0.717) is 12.1 Å². The average Bonchev–Trinajstić information content (AvgIpc) is 2.72. The number of rotatable bonds is 3. The molecule has 0 radical (unpaired) electrons. The van der Waals surface area contributed by atoms with Gasteiger partial charge in [0.2, 0.25) is 0 Å². The van der Waals surface area contributed by atoms with Crippen LogP contribution in [0.1, 0.15) is 38.5 Å². The van der Waals surface area contributed by atoms with Gasteiger partial charge < -0.3 is 10.2 Å². The molecule has 0 amide bonds. The maximum atomic E-state index is 9.10. The molecule has 16 heavy (non-hydrogen) atoms. The number of hydrogen-bond acceptors (Lipinski definition) is 3. The van der Waals surface area contributed by atoms with Crippen molar-refractivity contribution in [2.24, 2.45) is 5.92 Å². The predicted molar refractivity (Wildman–Crippen MR) is 65.0 cm³/mol. The van der Waals surface area contributed by atoms with E-state index >= 15 is 0 Å². The second kappa shape index (κ2) is 5.65. The van der Waals surface area contributed by atoms with Gasteiger partial charge in [0.1, 0.15) is 0 Å². The van der Waals surface area contributed by atoms with Crippen LogP contribution in [0, 0.1) is 17.2 Å². The van der Waals surface area contributed by atoms with Gasteiger partial charge in [0, 0.05) is 18.6 Å². The van der Waals surface area contributed by atoms with E-state index in [9.17, 15) is 0 Å². The molecule has 0 aromatic heterocycles. The lowest BCUT2D eigenvalue weighted by Crippen LogP contribution is -2.44. The molecule has 2 fully saturated rings. The van der Waals surface area contributed by atoms with Gasteiger partial charge in [-0.1, -0.05) is 12.8 Å². The second-order valence-corrected chi connectivity index (χ2v) is 5.31. The SMILES string of the molecule is CN1CCCC1CNC1CCCCC1C#N. The maximum Gasteiger partial charge on any atom is 0.0672 e. The number of nitrogens with zero attached hydrogens (tertiary/aromatic N) is 2. The van der Waals surface area contributed by atoms with Crippen LogP contribution >= 0.6 is 0 Å². The van der Waals surface area contributed by atoms with Gasteiger partial charge in [-0.15, -0.1) is 0 Å². The van der Waals surface area contributed by atoms with Gasteiger partial charge in [0.25, 0.3) is 0 Å². The third-order valence-electron chi connectivity index (χ3n) is 4.22. The van der Waals surface area contributed by atoms with Crippen LogP contribution in [0.4, 0.5) is 0 Å². The Morgan fingerprint density at radius 2 is 2.06 bits per heavy atom. The van der Waals surface area contributed by atoms with Crippen molar-refractivity contribution in [1.29, 1.82) is 5.26 Å². The summed E-state index contributed by atoms with van der Waals surface area (Å²) in [6.45, 7) is 2.30. The first kappa shape index (κ1) is 11.9. The molecule has 3 nitrogen and oxygen atoms in total. The Morgan fingerprint density at radius 3 is 2.75 bits per heavy atom. The van der Waals surface area contributed by atoms with E-state index in [1.54, 1.807) is 0 Å². The molecule has 1 saturated heterocycles. The van der Waals surface area contributed by atoms with Crippen LogP contribution in [-0.2, 0) is 0 Å². The minimum absolute atomic E-state index is 0.250. The zero-order valence-electron chi connectivity index (χ0n) is 10.3. The topological polar surface area (TPSA) is 39.1 Å². The average molecular weight is 221 g/mol. The molecule has 0 bridgehead atoms. The molecule has 1 aliphatic heterocycles. The van der Waals surface area contributed by atoms with Crippen molar-refractivity contribution in [3.8, 4) is 6.07 Å². The van der Waals surface area contributed by atoms with Crippen molar-refractivity contribution in [2.75, 3.05) is 20.1 Å². The van der Waals surface area contributed by atoms with E-state index in [1.807, 2.05) is 0 Å². The molecule has 2 rings (SSSR count). The molecule has 90 valence electrons. The van der Waals surface area contributed by atoms with Gasteiger partial charge in [-0.05, 0) is 39.3 Å². The molecular weight excluding hydrogens is 198 g/mol. The molecular formula is C13H23N3. The second-order valence-electron chi connectivity index (χ2n) is 5.31. The monoisotopic (exact) mass is 221 g/mol. The fourth-order valence-corrected chi connectivity index (χ4v) is 3.05. The van der Waals surface area contributed by atoms with Crippen molar-refractivity contribution in [3.05, 3.63) is 0 Å². The van der Waals surface area contributed by atoms with E-state index in [1.165, 1.54) is 38.6 Å². The summed E-state index contributed by atoms with van der Waals surface area (Å²) in [5, 5.41) is 12.7. The fraction of sp³-hybridized carbons (Fsp3) is 0.923. The lowest BCUT2D eigenvalue weighted by Gasteiger charge is -2.30. The third-order valence-corrected chi connectivity index (χ3v) is 4.22. The zero-order valence-corrected chi connectivity index (χ0v) is 10.3. The van der Waals surface area contributed by atoms with Gasteiger partial charge in [0.15, 0.2) is 0 Å². The molecule has 0 aromatic rings. The molecule has 2 aliphatic rings. The van der Waals surface area contributed by atoms with E-state index in [4.69, 9.17) is 5.26 Å². The first-order chi connectivity index (χ1) is 7.81. The summed E-state index contributed by atoms with van der Waals surface area (Å²) in [6.07, 6.45) is 7.45. The molecule has 3 heteroatoms. The maximum absolute atomic E-state index is 9.10. The Labute approximate surface area is 98.8 Å². The quantitative estimate of drug-likeness (QED) is 0.789. The van der Waals surface area contributed by atoms with Gasteiger partial charge >= 0.3 is 0 Å². The van der Waals surface area contributed by atoms with E-state index in [2.05, 4.69) is 23.3 Å². The van der Waals surface area contributed by atoms with Gasteiger partial charge in [-0.25, -0.2) is 0 Å². The number of hydrogen-bond donors (Lipinski definition) is 1. The molecule has 1 aliphatic carbocycles. The number of likely N-dealkylation sites (N-methyl/N-ethyl adjacent to an activating group) is 1. The largest absolute Gasteiger partial charge is 0.311 e. The normalized spacial score (nSPS) is 36.1. The van der Waals surface area contributed by atoms with Crippen LogP contribution in [0.3, 0.4) is 0 Å². The first-order valence-electron chi connectivity index (χ1n) is 6.64. The van der Waals surface area contributed by atoms with Crippen LogP contribution in [-0.4, -0.2) is 37.1 Å². The van der Waals surface area contributed by atoms with Crippen LogP contribution in [0.25, 0.3) is 0 Å². The number of nitrogens with one attached hydrogen (secondary N) is 1. The Balaban J connectivity index is 1.77. The Hall–Kier alpha value is -0.590. The van der Waals surface area contributed by atoms with Gasteiger partial charge in [-0.3, -0.25) is 0 Å². The highest BCUT2D eigenvalue weighted by Gasteiger charge is 2.27. The summed E-state index contributed by atoms with van der Waals surface area (Å²) in [6, 6.07) is 3.61. The van der Waals surface area contributed by atoms with Crippen molar-refractivity contribution in [1.82, 2.24) is 10.2 Å². The van der Waals surface area contributed by atoms with E-state index in [0.717, 1.165) is 13.0 Å². The molecule has 0 aromatic carbocycles. The minimum Gasteiger partial charge on any atom is -0.311 e. The van der Waals surface area contributed by atoms with Crippen LogP contribution < -0.4 is 5.32 Å². The molecule has 3 atom stereocenters. The summed E-state index contributed by atoms with van der Waals surface area (Å²) < 4.78 is 0. The third kappa shape index (κ3) is 2.75. The molecule has 3 unspecified atom stereocenters. The fourth-order valence-electron chi connectivity index (χ4n) is 3.05. The van der Waals surface area contributed by atoms with Crippen LogP contribution in [0.2, 0.25) is 0 Å². The summed E-state index contributed by atoms with van der Waals surface area (Å²) >= 11 is 0. The zero-order chi connectivity index (χ0) is 11.4. The van der Waals surface area contributed by atoms with E-state index in [-0.39, 0.29) is 5.92 Å². The number of likely N-dealkylation sites (tertiary alicyclic amines) is 1. The Kier molecular flexibility index (Phi) is 4.20. The standard InChI is InChI=1S/C13H23N3/c1-16-8-4-6-12(16)10-15-13-7-3-2-5-11(13)9-14/h11-13,15H,2-8,10H2,1H3. The van der Waals surface area contributed by atoms with Crippen LogP contribution in [0.15, 0.2) is 0 Å². The predicted octanol–water partition coefficient (Wildman–Crippen LogP) is 1.75. The summed E-state index contributed by atoms with van der Waals surface area (Å²) in [7, 11) is 2.21. The van der Waals surface area contributed by atoms with Crippen molar-refractivity contribution in [3.63, 3.8) is 0 Å². The highest BCUT2D eigenvalue weighted by atomic mass is 15.2. The highest BCUT2D eigenvalue weighted by Crippen LogP contribution is 2.24. The molecule has 1 heterocycles. The van der Waals surface area contributed by atoms with Gasteiger partial charge in [0.05, 0.1) is 12.0 Å². The summed E-state index contributed by atoms with van der Waals surface area (Å²) in [4.78, 5) is 2.44. The van der Waals surface area contributed by atoms with Crippen molar-refractivity contribution < 1.29 is 0 Å². The Bertz CT molecular complexity index is 258. The lowest BCUT2D eigenvalue weighted by molar-refractivity contribution is 0.257. The highest BCUT2D eigenvalue weighted by molar-refractivity contribution is 4.95. The first-order valence-corrected chi connectivity index (χ1v) is 6.64. The molecule has 1 N–H and O–H groups in total. The molecule has 1 saturated carbocycles.